The van der Waals surface area contributed by atoms with Crippen LogP contribution in [0.15, 0.2) is 18.2 Å². The molecular formula is C8H9O2. The fourth-order valence-electron chi connectivity index (χ4n) is 0.782. The van der Waals surface area contributed by atoms with Crippen LogP contribution < -0.4 is 0 Å². The lowest BCUT2D eigenvalue weighted by molar-refractivity contribution is 0.401. The van der Waals surface area contributed by atoms with Crippen LogP contribution in [-0.2, 0) is 0 Å². The van der Waals surface area contributed by atoms with E-state index in [0.29, 0.717) is 5.56 Å². The number of rotatable bonds is 1. The standard InChI is InChI=1S/C8H9O2/c1-2-6-4-3-5-7(9)8(6)10/h2-5,9-10H,1H3. The number of benzene rings is 1. The molecule has 10 heavy (non-hydrogen) atoms. The van der Waals surface area contributed by atoms with Crippen molar-refractivity contribution in [3.63, 3.8) is 0 Å². The minimum absolute atomic E-state index is 0.0509. The predicted octanol–water partition coefficient (Wildman–Crippen LogP) is 1.67. The molecule has 0 amide bonds. The van der Waals surface area contributed by atoms with Crippen LogP contribution in [0.4, 0.5) is 0 Å². The first-order valence-corrected chi connectivity index (χ1v) is 3.06. The van der Waals surface area contributed by atoms with Gasteiger partial charge in [-0.15, -0.1) is 0 Å². The maximum absolute atomic E-state index is 9.12. The highest BCUT2D eigenvalue weighted by Gasteiger charge is 2.01. The van der Waals surface area contributed by atoms with Crippen molar-refractivity contribution in [2.45, 2.75) is 6.92 Å². The van der Waals surface area contributed by atoms with Crippen molar-refractivity contribution in [1.82, 2.24) is 0 Å². The zero-order valence-electron chi connectivity index (χ0n) is 5.70. The molecule has 0 heterocycles. The number of para-hydroxylation sites is 1. The Labute approximate surface area is 59.7 Å². The smallest absolute Gasteiger partial charge is 0.160 e. The van der Waals surface area contributed by atoms with Gasteiger partial charge in [-0.05, 0) is 12.5 Å². The molecular weight excluding hydrogens is 128 g/mol. The fraction of sp³-hybridized carbons (Fsp3) is 0.125. The molecule has 0 aliphatic rings. The Hall–Kier alpha value is -1.18. The molecule has 0 unspecified atom stereocenters. The quantitative estimate of drug-likeness (QED) is 0.578. The maximum atomic E-state index is 9.12. The van der Waals surface area contributed by atoms with Crippen LogP contribution in [0.2, 0.25) is 0 Å². The zero-order valence-corrected chi connectivity index (χ0v) is 5.70. The van der Waals surface area contributed by atoms with E-state index in [-0.39, 0.29) is 11.5 Å². The first-order valence-electron chi connectivity index (χ1n) is 3.06. The summed E-state index contributed by atoms with van der Waals surface area (Å²) in [5, 5.41) is 18.1. The van der Waals surface area contributed by atoms with Gasteiger partial charge < -0.3 is 10.2 Å². The SMILES string of the molecule is C[CH]c1cccc(O)c1O. The summed E-state index contributed by atoms with van der Waals surface area (Å²) in [5.41, 5.74) is 0.653. The Bertz CT molecular complexity index is 231. The third-order valence-electron chi connectivity index (χ3n) is 1.36. The highest BCUT2D eigenvalue weighted by Crippen LogP contribution is 2.28. The maximum Gasteiger partial charge on any atom is 0.160 e. The van der Waals surface area contributed by atoms with E-state index in [2.05, 4.69) is 0 Å². The van der Waals surface area contributed by atoms with E-state index in [1.807, 2.05) is 0 Å². The van der Waals surface area contributed by atoms with Crippen LogP contribution in [0, 0.1) is 6.42 Å². The van der Waals surface area contributed by atoms with Gasteiger partial charge in [0.2, 0.25) is 0 Å². The Morgan fingerprint density at radius 2 is 2.00 bits per heavy atom. The second-order valence-corrected chi connectivity index (χ2v) is 2.00. The van der Waals surface area contributed by atoms with Crippen molar-refractivity contribution in [2.75, 3.05) is 0 Å². The molecule has 0 aliphatic heterocycles. The van der Waals surface area contributed by atoms with Crippen LogP contribution in [0.25, 0.3) is 0 Å². The van der Waals surface area contributed by atoms with Gasteiger partial charge in [0.15, 0.2) is 11.5 Å². The van der Waals surface area contributed by atoms with Crippen LogP contribution in [0.1, 0.15) is 12.5 Å². The minimum Gasteiger partial charge on any atom is -0.504 e. The van der Waals surface area contributed by atoms with Crippen molar-refractivity contribution < 1.29 is 10.2 Å². The van der Waals surface area contributed by atoms with E-state index >= 15 is 0 Å². The van der Waals surface area contributed by atoms with E-state index in [1.165, 1.54) is 6.07 Å². The van der Waals surface area contributed by atoms with E-state index in [9.17, 15) is 0 Å². The number of hydrogen-bond donors (Lipinski definition) is 2. The van der Waals surface area contributed by atoms with Gasteiger partial charge >= 0.3 is 0 Å². The summed E-state index contributed by atoms with van der Waals surface area (Å²) in [6.07, 6.45) is 1.73. The third-order valence-corrected chi connectivity index (χ3v) is 1.36. The normalized spacial score (nSPS) is 9.70. The Morgan fingerprint density at radius 3 is 2.50 bits per heavy atom. The summed E-state index contributed by atoms with van der Waals surface area (Å²) < 4.78 is 0. The molecule has 2 nitrogen and oxygen atoms in total. The predicted molar refractivity (Wildman–Crippen MR) is 38.8 cm³/mol. The van der Waals surface area contributed by atoms with E-state index < -0.39 is 0 Å². The van der Waals surface area contributed by atoms with Gasteiger partial charge in [-0.25, -0.2) is 0 Å². The van der Waals surface area contributed by atoms with Gasteiger partial charge in [0.1, 0.15) is 0 Å². The number of phenolic OH excluding ortho intramolecular Hbond substituents is 2. The zero-order chi connectivity index (χ0) is 7.56. The van der Waals surface area contributed by atoms with Crippen molar-refractivity contribution in [2.24, 2.45) is 0 Å². The second kappa shape index (κ2) is 2.60. The van der Waals surface area contributed by atoms with Gasteiger partial charge in [-0.3, -0.25) is 0 Å². The first kappa shape index (κ1) is 6.93. The molecule has 2 N–H and O–H groups in total. The average molecular weight is 137 g/mol. The summed E-state index contributed by atoms with van der Waals surface area (Å²) in [7, 11) is 0. The second-order valence-electron chi connectivity index (χ2n) is 2.00. The summed E-state index contributed by atoms with van der Waals surface area (Å²) in [6, 6.07) is 4.86. The first-order chi connectivity index (χ1) is 4.75. The van der Waals surface area contributed by atoms with Gasteiger partial charge in [0.25, 0.3) is 0 Å². The summed E-state index contributed by atoms with van der Waals surface area (Å²) >= 11 is 0. The lowest BCUT2D eigenvalue weighted by Gasteiger charge is -2.00. The molecule has 0 spiro atoms. The Kier molecular flexibility index (Phi) is 1.81. The van der Waals surface area contributed by atoms with Crippen molar-refractivity contribution in [3.05, 3.63) is 30.2 Å². The lowest BCUT2D eigenvalue weighted by Crippen LogP contribution is -1.77. The van der Waals surface area contributed by atoms with Crippen molar-refractivity contribution in [3.8, 4) is 11.5 Å². The molecule has 0 saturated heterocycles. The molecule has 2 heteroatoms. The average Bonchev–Trinajstić information content (AvgIpc) is 1.95. The molecule has 1 rings (SSSR count). The molecule has 1 aromatic rings. The molecule has 1 radical (unpaired) electrons. The molecule has 0 fully saturated rings. The van der Waals surface area contributed by atoms with Crippen molar-refractivity contribution in [1.29, 1.82) is 0 Å². The molecule has 0 aromatic heterocycles. The van der Waals surface area contributed by atoms with E-state index in [0.717, 1.165) is 0 Å². The topological polar surface area (TPSA) is 40.5 Å². The largest absolute Gasteiger partial charge is 0.504 e. The van der Waals surface area contributed by atoms with Gasteiger partial charge in [0, 0.05) is 5.56 Å². The van der Waals surface area contributed by atoms with Gasteiger partial charge in [-0.2, -0.15) is 0 Å². The minimum atomic E-state index is -0.0735. The van der Waals surface area contributed by atoms with Gasteiger partial charge in [0.05, 0.1) is 0 Å². The molecule has 0 saturated carbocycles. The lowest BCUT2D eigenvalue weighted by atomic mass is 10.1. The van der Waals surface area contributed by atoms with Crippen LogP contribution in [0.5, 0.6) is 11.5 Å². The molecule has 0 atom stereocenters. The third kappa shape index (κ3) is 1.05. The molecule has 0 bridgehead atoms. The summed E-state index contributed by atoms with van der Waals surface area (Å²) in [4.78, 5) is 0. The number of aromatic hydroxyl groups is 2. The highest BCUT2D eigenvalue weighted by atomic mass is 16.3. The monoisotopic (exact) mass is 137 g/mol. The van der Waals surface area contributed by atoms with Gasteiger partial charge in [-0.1, -0.05) is 19.1 Å². The van der Waals surface area contributed by atoms with Crippen LogP contribution in [-0.4, -0.2) is 10.2 Å². The number of hydrogen-bond acceptors (Lipinski definition) is 2. The molecule has 0 aliphatic carbocycles. The highest BCUT2D eigenvalue weighted by molar-refractivity contribution is 5.47. The van der Waals surface area contributed by atoms with Crippen molar-refractivity contribution >= 4 is 0 Å². The Morgan fingerprint density at radius 1 is 1.30 bits per heavy atom. The van der Waals surface area contributed by atoms with E-state index in [4.69, 9.17) is 10.2 Å². The molecule has 1 aromatic carbocycles. The van der Waals surface area contributed by atoms with Crippen LogP contribution in [0.3, 0.4) is 0 Å². The Balaban J connectivity index is 3.14. The fourth-order valence-corrected chi connectivity index (χ4v) is 0.782. The van der Waals surface area contributed by atoms with E-state index in [1.54, 1.807) is 25.5 Å². The number of phenols is 2. The summed E-state index contributed by atoms with van der Waals surface area (Å²) in [6.45, 7) is 1.80. The molecule has 53 valence electrons. The summed E-state index contributed by atoms with van der Waals surface area (Å²) in [5.74, 6) is -0.124. The van der Waals surface area contributed by atoms with Crippen LogP contribution >= 0.6 is 0 Å².